The molecule has 1 heterocycles. The van der Waals surface area contributed by atoms with Gasteiger partial charge in [0.25, 0.3) is 0 Å². The molecule has 2 N–H and O–H groups in total. The molecule has 1 aromatic carbocycles. The number of fused-ring (bicyclic) bond motifs is 2. The van der Waals surface area contributed by atoms with Gasteiger partial charge in [0.05, 0.1) is 17.6 Å². The number of rotatable bonds is 0. The topological polar surface area (TPSA) is 38.9 Å². The monoisotopic (exact) mass is 236 g/mol. The Labute approximate surface area is 107 Å². The Kier molecular flexibility index (Phi) is 2.44. The molecule has 0 radical (unpaired) electrons. The van der Waals surface area contributed by atoms with E-state index >= 15 is 0 Å². The number of nitrogens with two attached hydrogens (primary N) is 1. The van der Waals surface area contributed by atoms with Crippen molar-refractivity contribution in [3.05, 3.63) is 65.0 Å². The summed E-state index contributed by atoms with van der Waals surface area (Å²) < 4.78 is 0. The van der Waals surface area contributed by atoms with Gasteiger partial charge < -0.3 is 5.73 Å². The zero-order valence-corrected chi connectivity index (χ0v) is 10.5. The van der Waals surface area contributed by atoms with Crippen LogP contribution in [-0.4, -0.2) is 4.98 Å². The minimum absolute atomic E-state index is 0.726. The normalized spacial score (nSPS) is 13.7. The maximum absolute atomic E-state index is 5.82. The summed E-state index contributed by atoms with van der Waals surface area (Å²) >= 11 is 0. The first kappa shape index (κ1) is 11.0. The zero-order valence-electron chi connectivity index (χ0n) is 10.5. The van der Waals surface area contributed by atoms with Crippen molar-refractivity contribution < 1.29 is 0 Å². The largest absolute Gasteiger partial charge is 0.397 e. The molecule has 1 aromatic heterocycles. The standard InChI is InChI=1S/C16H16N2/c1-10-3-6-15-11(2)16-13(5-4-12(15)7-10)8-14(17)9-18-16/h3,6-9H,2,4-5,17H2,1H3. The Hall–Kier alpha value is -2.09. The van der Waals surface area contributed by atoms with Crippen molar-refractivity contribution in [3.8, 4) is 0 Å². The molecule has 3 rings (SSSR count). The van der Waals surface area contributed by atoms with Crippen molar-refractivity contribution in [1.82, 2.24) is 4.98 Å². The Morgan fingerprint density at radius 1 is 1.17 bits per heavy atom. The van der Waals surface area contributed by atoms with Crippen LogP contribution in [0.15, 0.2) is 37.0 Å². The summed E-state index contributed by atoms with van der Waals surface area (Å²) in [6.45, 7) is 6.34. The summed E-state index contributed by atoms with van der Waals surface area (Å²) in [5.41, 5.74) is 13.6. The molecule has 2 aromatic rings. The van der Waals surface area contributed by atoms with Gasteiger partial charge in [-0.2, -0.15) is 0 Å². The summed E-state index contributed by atoms with van der Waals surface area (Å²) in [5.74, 6) is 0. The van der Waals surface area contributed by atoms with Gasteiger partial charge in [-0.05, 0) is 42.5 Å². The zero-order chi connectivity index (χ0) is 12.7. The fraction of sp³-hybridized carbons (Fsp3) is 0.188. The van der Waals surface area contributed by atoms with Crippen molar-refractivity contribution in [2.45, 2.75) is 19.8 Å². The van der Waals surface area contributed by atoms with E-state index in [9.17, 15) is 0 Å². The van der Waals surface area contributed by atoms with Crippen LogP contribution < -0.4 is 5.73 Å². The molecule has 90 valence electrons. The van der Waals surface area contributed by atoms with Gasteiger partial charge in [-0.1, -0.05) is 30.3 Å². The minimum Gasteiger partial charge on any atom is -0.397 e. The first-order valence-electron chi connectivity index (χ1n) is 6.19. The van der Waals surface area contributed by atoms with E-state index in [4.69, 9.17) is 5.73 Å². The molecule has 2 nitrogen and oxygen atoms in total. The molecule has 1 aliphatic carbocycles. The number of nitrogen functional groups attached to an aromatic ring is 1. The van der Waals surface area contributed by atoms with Gasteiger partial charge in [0.1, 0.15) is 0 Å². The first-order valence-corrected chi connectivity index (χ1v) is 6.19. The number of aromatic nitrogens is 1. The fourth-order valence-corrected chi connectivity index (χ4v) is 2.61. The number of aryl methyl sites for hydroxylation is 3. The maximum atomic E-state index is 5.82. The van der Waals surface area contributed by atoms with Crippen LogP contribution in [0.3, 0.4) is 0 Å². The van der Waals surface area contributed by atoms with Crippen LogP contribution in [-0.2, 0) is 12.8 Å². The molecule has 18 heavy (non-hydrogen) atoms. The second kappa shape index (κ2) is 3.98. The van der Waals surface area contributed by atoms with Gasteiger partial charge in [-0.15, -0.1) is 0 Å². The second-order valence-corrected chi connectivity index (χ2v) is 4.92. The van der Waals surface area contributed by atoms with Crippen molar-refractivity contribution in [1.29, 1.82) is 0 Å². The number of benzene rings is 1. The van der Waals surface area contributed by atoms with E-state index in [2.05, 4.69) is 36.7 Å². The highest BCUT2D eigenvalue weighted by molar-refractivity contribution is 5.81. The highest BCUT2D eigenvalue weighted by atomic mass is 14.7. The lowest BCUT2D eigenvalue weighted by Gasteiger charge is -2.09. The molecular weight excluding hydrogens is 220 g/mol. The molecule has 0 fully saturated rings. The van der Waals surface area contributed by atoms with Gasteiger partial charge in [0, 0.05) is 5.57 Å². The quantitative estimate of drug-likeness (QED) is 0.763. The van der Waals surface area contributed by atoms with E-state index in [-0.39, 0.29) is 0 Å². The third-order valence-corrected chi connectivity index (χ3v) is 3.52. The van der Waals surface area contributed by atoms with Crippen molar-refractivity contribution in [2.24, 2.45) is 0 Å². The number of pyridine rings is 1. The van der Waals surface area contributed by atoms with Gasteiger partial charge in [0.15, 0.2) is 0 Å². The number of hydrogen-bond acceptors (Lipinski definition) is 2. The summed E-state index contributed by atoms with van der Waals surface area (Å²) in [6, 6.07) is 8.55. The van der Waals surface area contributed by atoms with Crippen LogP contribution in [0.1, 0.15) is 27.9 Å². The lowest BCUT2D eigenvalue weighted by Crippen LogP contribution is -1.98. The van der Waals surface area contributed by atoms with Gasteiger partial charge >= 0.3 is 0 Å². The van der Waals surface area contributed by atoms with Crippen molar-refractivity contribution in [2.75, 3.05) is 5.73 Å². The molecule has 1 aliphatic rings. The van der Waals surface area contributed by atoms with E-state index in [1.54, 1.807) is 6.20 Å². The molecule has 2 heteroatoms. The van der Waals surface area contributed by atoms with E-state index in [1.807, 2.05) is 6.07 Å². The molecule has 0 amide bonds. The summed E-state index contributed by atoms with van der Waals surface area (Å²) in [7, 11) is 0. The van der Waals surface area contributed by atoms with E-state index in [0.717, 1.165) is 29.8 Å². The minimum atomic E-state index is 0.726. The van der Waals surface area contributed by atoms with Crippen LogP contribution in [0.5, 0.6) is 0 Å². The van der Waals surface area contributed by atoms with Gasteiger partial charge in [-0.25, -0.2) is 0 Å². The van der Waals surface area contributed by atoms with Crippen molar-refractivity contribution >= 4 is 11.3 Å². The third-order valence-electron chi connectivity index (χ3n) is 3.52. The molecule has 0 unspecified atom stereocenters. The Bertz CT molecular complexity index is 586. The first-order chi connectivity index (χ1) is 8.65. The lowest BCUT2D eigenvalue weighted by atomic mass is 9.97. The number of nitrogens with zero attached hydrogens (tertiary/aromatic N) is 1. The summed E-state index contributed by atoms with van der Waals surface area (Å²) in [5, 5.41) is 0. The van der Waals surface area contributed by atoms with Crippen LogP contribution in [0, 0.1) is 6.92 Å². The lowest BCUT2D eigenvalue weighted by molar-refractivity contribution is 0.954. The smallest absolute Gasteiger partial charge is 0.0735 e. The summed E-state index contributed by atoms with van der Waals surface area (Å²) in [6.07, 6.45) is 3.71. The van der Waals surface area contributed by atoms with E-state index in [1.165, 1.54) is 22.3 Å². The Morgan fingerprint density at radius 3 is 2.78 bits per heavy atom. The van der Waals surface area contributed by atoms with Crippen LogP contribution in [0.2, 0.25) is 0 Å². The molecule has 0 bridgehead atoms. The van der Waals surface area contributed by atoms with Crippen LogP contribution in [0.25, 0.3) is 5.57 Å². The highest BCUT2D eigenvalue weighted by Crippen LogP contribution is 2.32. The van der Waals surface area contributed by atoms with Gasteiger partial charge in [0.2, 0.25) is 0 Å². The predicted octanol–water partition coefficient (Wildman–Crippen LogP) is 3.13. The van der Waals surface area contributed by atoms with Gasteiger partial charge in [-0.3, -0.25) is 4.98 Å². The van der Waals surface area contributed by atoms with Crippen LogP contribution in [0.4, 0.5) is 5.69 Å². The highest BCUT2D eigenvalue weighted by Gasteiger charge is 2.17. The molecule has 0 saturated carbocycles. The van der Waals surface area contributed by atoms with E-state index < -0.39 is 0 Å². The predicted molar refractivity (Wildman–Crippen MR) is 75.4 cm³/mol. The third kappa shape index (κ3) is 1.70. The Morgan fingerprint density at radius 2 is 1.94 bits per heavy atom. The van der Waals surface area contributed by atoms with Crippen LogP contribution >= 0.6 is 0 Å². The fourth-order valence-electron chi connectivity index (χ4n) is 2.61. The average molecular weight is 236 g/mol. The number of hydrogen-bond donors (Lipinski definition) is 1. The molecule has 0 aliphatic heterocycles. The SMILES string of the molecule is C=C1c2ccc(C)cc2CCc2cc(N)cnc21. The molecular formula is C16H16N2. The molecule has 0 spiro atoms. The molecule has 0 saturated heterocycles. The van der Waals surface area contributed by atoms with E-state index in [0.29, 0.717) is 0 Å². The average Bonchev–Trinajstić information content (AvgIpc) is 2.47. The Balaban J connectivity index is 2.18. The second-order valence-electron chi connectivity index (χ2n) is 4.92. The van der Waals surface area contributed by atoms with Crippen molar-refractivity contribution in [3.63, 3.8) is 0 Å². The molecule has 0 atom stereocenters. The summed E-state index contributed by atoms with van der Waals surface area (Å²) in [4.78, 5) is 4.46. The maximum Gasteiger partial charge on any atom is 0.0735 e. The number of anilines is 1.